The van der Waals surface area contributed by atoms with Crippen LogP contribution in [0.1, 0.15) is 46.2 Å². The normalized spacial score (nSPS) is 15.1. The Balaban J connectivity index is 1.70. The second-order valence-corrected chi connectivity index (χ2v) is 9.96. The maximum absolute atomic E-state index is 13.7. The largest absolute Gasteiger partial charge is 0.869 e. The van der Waals surface area contributed by atoms with Gasteiger partial charge < -0.3 is 15.7 Å². The molecule has 0 radical (unpaired) electrons. The number of rotatable bonds is 6. The Bertz CT molecular complexity index is 1410. The van der Waals surface area contributed by atoms with E-state index in [4.69, 9.17) is 0 Å². The molecule has 1 aliphatic rings. The number of aromatic nitrogens is 2. The van der Waals surface area contributed by atoms with Crippen molar-refractivity contribution in [3.63, 3.8) is 0 Å². The molecule has 0 aliphatic carbocycles. The van der Waals surface area contributed by atoms with E-state index in [9.17, 15) is 27.5 Å². The molecule has 12 heteroatoms. The first-order valence-corrected chi connectivity index (χ1v) is 12.6. The summed E-state index contributed by atoms with van der Waals surface area (Å²) in [5.74, 6) is -2.83. The lowest BCUT2D eigenvalue weighted by Crippen LogP contribution is -2.39. The van der Waals surface area contributed by atoms with Crippen LogP contribution in [0.5, 0.6) is 5.75 Å². The number of halogens is 1. The number of pyridine rings is 2. The monoisotopic (exact) mass is 500 g/mol. The number of carbonyl (C=O) groups is 2. The van der Waals surface area contributed by atoms with Crippen molar-refractivity contribution >= 4 is 38.6 Å². The van der Waals surface area contributed by atoms with Crippen LogP contribution in [0.25, 0.3) is 10.9 Å². The molecule has 2 N–H and O–H groups in total. The van der Waals surface area contributed by atoms with Gasteiger partial charge in [-0.3, -0.25) is 18.9 Å². The van der Waals surface area contributed by atoms with Crippen molar-refractivity contribution in [1.29, 1.82) is 0 Å². The first-order valence-electron chi connectivity index (χ1n) is 11.0. The molecule has 0 atom stereocenters. The summed E-state index contributed by atoms with van der Waals surface area (Å²) in [6.07, 6.45) is 2.49. The van der Waals surface area contributed by atoms with Crippen LogP contribution in [0, 0.1) is 5.82 Å². The van der Waals surface area contributed by atoms with Crippen LogP contribution >= 0.6 is 0 Å². The number of benzene rings is 1. The van der Waals surface area contributed by atoms with Gasteiger partial charge in [-0.25, -0.2) is 17.8 Å². The topological polar surface area (TPSA) is 144 Å². The number of nitrogens with zero attached hydrogens (tertiary/aromatic N) is 3. The zero-order valence-corrected chi connectivity index (χ0v) is 19.7. The molecule has 2 aromatic heterocycles. The van der Waals surface area contributed by atoms with E-state index in [0.29, 0.717) is 24.9 Å². The van der Waals surface area contributed by atoms with Crippen molar-refractivity contribution in [2.45, 2.75) is 26.3 Å². The molecule has 0 bridgehead atoms. The molecule has 184 valence electrons. The number of fused-ring (bicyclic) bond motifs is 1. The lowest BCUT2D eigenvalue weighted by atomic mass is 10.1. The summed E-state index contributed by atoms with van der Waals surface area (Å²) in [5, 5.41) is 18.4. The van der Waals surface area contributed by atoms with Crippen molar-refractivity contribution in [3.8, 4) is 5.75 Å². The van der Waals surface area contributed by atoms with Gasteiger partial charge in [0.15, 0.2) is 5.82 Å². The summed E-state index contributed by atoms with van der Waals surface area (Å²) >= 11 is 0. The SMILES string of the molecule is CCNC(=O)c1cc(F)ccc1CNC(=O)c1nc(N2CCCCS2(=O)=O)c2cccnc2c1[O-]. The van der Waals surface area contributed by atoms with E-state index in [1.807, 2.05) is 0 Å². The second kappa shape index (κ2) is 9.82. The predicted molar refractivity (Wildman–Crippen MR) is 125 cm³/mol. The van der Waals surface area contributed by atoms with Crippen molar-refractivity contribution < 1.29 is 27.5 Å². The number of nitrogens with one attached hydrogen (secondary N) is 2. The third kappa shape index (κ3) is 4.87. The molecule has 0 spiro atoms. The Morgan fingerprint density at radius 3 is 2.71 bits per heavy atom. The molecular weight excluding hydrogens is 477 g/mol. The average molecular weight is 501 g/mol. The number of hydrogen-bond acceptors (Lipinski definition) is 7. The molecule has 3 aromatic rings. The number of sulfonamides is 1. The maximum Gasteiger partial charge on any atom is 0.269 e. The highest BCUT2D eigenvalue weighted by molar-refractivity contribution is 7.92. The van der Waals surface area contributed by atoms with Crippen LogP contribution in [0.2, 0.25) is 0 Å². The number of amides is 2. The van der Waals surface area contributed by atoms with Gasteiger partial charge in [-0.2, -0.15) is 0 Å². The highest BCUT2D eigenvalue weighted by Gasteiger charge is 2.30. The molecule has 2 amide bonds. The molecule has 4 rings (SSSR count). The van der Waals surface area contributed by atoms with Crippen LogP contribution in [0.3, 0.4) is 0 Å². The Morgan fingerprint density at radius 1 is 1.17 bits per heavy atom. The van der Waals surface area contributed by atoms with Gasteiger partial charge in [0.25, 0.3) is 11.8 Å². The zero-order valence-electron chi connectivity index (χ0n) is 18.9. The van der Waals surface area contributed by atoms with Crippen LogP contribution in [-0.4, -0.2) is 49.0 Å². The fourth-order valence-electron chi connectivity index (χ4n) is 3.90. The number of anilines is 1. The summed E-state index contributed by atoms with van der Waals surface area (Å²) in [6, 6.07) is 6.67. The fraction of sp³-hybridized carbons (Fsp3) is 0.304. The van der Waals surface area contributed by atoms with Crippen LogP contribution in [0.4, 0.5) is 10.2 Å². The minimum Gasteiger partial charge on any atom is -0.869 e. The molecule has 0 saturated carbocycles. The van der Waals surface area contributed by atoms with Gasteiger partial charge in [-0.05, 0) is 55.3 Å². The van der Waals surface area contributed by atoms with Crippen molar-refractivity contribution in [2.24, 2.45) is 0 Å². The standard InChI is InChI=1S/C23H24FN5O5S/c1-2-25-22(31)17-12-15(24)8-7-14(17)13-27-23(32)19-20(30)18-16(6-5-9-26-18)21(28-19)29-10-3-4-11-35(29,33)34/h5-9,12,30H,2-4,10-11,13H2,1H3,(H,25,31)(H,27,32)/p-1. The summed E-state index contributed by atoms with van der Waals surface area (Å²) in [7, 11) is -3.67. The summed E-state index contributed by atoms with van der Waals surface area (Å²) in [6.45, 7) is 2.03. The Labute approximate surface area is 201 Å². The van der Waals surface area contributed by atoms with E-state index < -0.39 is 39.1 Å². The maximum atomic E-state index is 13.7. The highest BCUT2D eigenvalue weighted by atomic mass is 32.2. The van der Waals surface area contributed by atoms with Gasteiger partial charge in [0, 0.05) is 36.8 Å². The molecule has 1 saturated heterocycles. The first-order chi connectivity index (χ1) is 16.7. The number of hydrogen-bond donors (Lipinski definition) is 2. The lowest BCUT2D eigenvalue weighted by Gasteiger charge is -2.29. The third-order valence-electron chi connectivity index (χ3n) is 5.59. The smallest absolute Gasteiger partial charge is 0.269 e. The molecule has 1 aliphatic heterocycles. The minimum absolute atomic E-state index is 0.0256. The van der Waals surface area contributed by atoms with Crippen LogP contribution in [0.15, 0.2) is 36.5 Å². The van der Waals surface area contributed by atoms with E-state index in [1.165, 1.54) is 18.3 Å². The van der Waals surface area contributed by atoms with Crippen LogP contribution < -0.4 is 20.0 Å². The fourth-order valence-corrected chi connectivity index (χ4v) is 5.49. The third-order valence-corrected chi connectivity index (χ3v) is 7.42. The average Bonchev–Trinajstić information content (AvgIpc) is 2.84. The van der Waals surface area contributed by atoms with E-state index >= 15 is 0 Å². The molecule has 3 heterocycles. The lowest BCUT2D eigenvalue weighted by molar-refractivity contribution is -0.266. The summed E-state index contributed by atoms with van der Waals surface area (Å²) in [4.78, 5) is 33.5. The van der Waals surface area contributed by atoms with E-state index in [1.54, 1.807) is 13.0 Å². The van der Waals surface area contributed by atoms with Gasteiger partial charge in [0.1, 0.15) is 11.5 Å². The van der Waals surface area contributed by atoms with E-state index in [0.717, 1.165) is 16.4 Å². The van der Waals surface area contributed by atoms with Gasteiger partial charge in [-0.15, -0.1) is 0 Å². The Hall–Kier alpha value is -3.80. The van der Waals surface area contributed by atoms with Crippen LogP contribution in [-0.2, 0) is 16.6 Å². The molecule has 0 unspecified atom stereocenters. The molecule has 35 heavy (non-hydrogen) atoms. The first kappa shape index (κ1) is 24.3. The Kier molecular flexibility index (Phi) is 6.83. The zero-order chi connectivity index (χ0) is 25.2. The predicted octanol–water partition coefficient (Wildman–Crippen LogP) is 1.45. The second-order valence-electron chi connectivity index (χ2n) is 7.95. The highest BCUT2D eigenvalue weighted by Crippen LogP contribution is 2.33. The quantitative estimate of drug-likeness (QED) is 0.521. The Morgan fingerprint density at radius 2 is 1.97 bits per heavy atom. The van der Waals surface area contributed by atoms with Gasteiger partial charge >= 0.3 is 0 Å². The molecule has 1 aromatic carbocycles. The van der Waals surface area contributed by atoms with Gasteiger partial charge in [0.2, 0.25) is 10.0 Å². The number of carbonyl (C=O) groups excluding carboxylic acids is 2. The van der Waals surface area contributed by atoms with Gasteiger partial charge in [0.05, 0.1) is 11.3 Å². The van der Waals surface area contributed by atoms with Crippen molar-refractivity contribution in [1.82, 2.24) is 20.6 Å². The van der Waals surface area contributed by atoms with E-state index in [-0.39, 0.29) is 41.1 Å². The van der Waals surface area contributed by atoms with Gasteiger partial charge in [-0.1, -0.05) is 6.07 Å². The van der Waals surface area contributed by atoms with E-state index in [2.05, 4.69) is 20.6 Å². The minimum atomic E-state index is -3.67. The molecular formula is C23H23FN5O5S-. The van der Waals surface area contributed by atoms with Crippen molar-refractivity contribution in [3.05, 3.63) is 59.2 Å². The summed E-state index contributed by atoms with van der Waals surface area (Å²) < 4.78 is 40.2. The molecule has 1 fully saturated rings. The van der Waals surface area contributed by atoms with Crippen molar-refractivity contribution in [2.75, 3.05) is 23.1 Å². The summed E-state index contributed by atoms with van der Waals surface area (Å²) in [5.41, 5.74) is -0.222. The molecule has 10 nitrogen and oxygen atoms in total.